The van der Waals surface area contributed by atoms with Crippen LogP contribution in [0.2, 0.25) is 0 Å². The third-order valence-electron chi connectivity index (χ3n) is 3.62. The molecule has 1 unspecified atom stereocenters. The molecule has 1 N–H and O–H groups in total. The van der Waals surface area contributed by atoms with E-state index in [2.05, 4.69) is 19.2 Å². The van der Waals surface area contributed by atoms with Gasteiger partial charge in [0.25, 0.3) is 0 Å². The van der Waals surface area contributed by atoms with Gasteiger partial charge in [-0.3, -0.25) is 5.32 Å². The first-order chi connectivity index (χ1) is 10.1. The zero-order valence-corrected chi connectivity index (χ0v) is 13.5. The Hall–Kier alpha value is -1.39. The summed E-state index contributed by atoms with van der Waals surface area (Å²) in [5.41, 5.74) is -0.100. The van der Waals surface area contributed by atoms with E-state index in [1.165, 1.54) is 7.11 Å². The van der Waals surface area contributed by atoms with Crippen molar-refractivity contribution in [1.29, 1.82) is 0 Å². The van der Waals surface area contributed by atoms with E-state index in [1.54, 1.807) is 7.05 Å². The van der Waals surface area contributed by atoms with E-state index in [-0.39, 0.29) is 12.6 Å². The van der Waals surface area contributed by atoms with Gasteiger partial charge in [0.15, 0.2) is 5.54 Å². The van der Waals surface area contributed by atoms with Crippen molar-refractivity contribution < 1.29 is 14.3 Å². The molecule has 1 aromatic rings. The van der Waals surface area contributed by atoms with Gasteiger partial charge in [0.05, 0.1) is 13.7 Å². The topological polar surface area (TPSA) is 47.6 Å². The first-order valence-electron chi connectivity index (χ1n) is 7.47. The Labute approximate surface area is 127 Å². The average molecular weight is 293 g/mol. The van der Waals surface area contributed by atoms with Crippen molar-refractivity contribution in [3.63, 3.8) is 0 Å². The Balaban J connectivity index is 2.76. The summed E-state index contributed by atoms with van der Waals surface area (Å²) in [4.78, 5) is 12.3. The third kappa shape index (κ3) is 4.83. The summed E-state index contributed by atoms with van der Waals surface area (Å²) in [7, 11) is 3.15. The van der Waals surface area contributed by atoms with Gasteiger partial charge in [-0.1, -0.05) is 44.2 Å². The van der Waals surface area contributed by atoms with Gasteiger partial charge in [-0.2, -0.15) is 0 Å². The molecule has 1 atom stereocenters. The number of hydrogen-bond acceptors (Lipinski definition) is 4. The number of rotatable bonds is 9. The van der Waals surface area contributed by atoms with E-state index in [0.717, 1.165) is 18.4 Å². The Morgan fingerprint density at radius 2 is 1.95 bits per heavy atom. The number of ether oxygens (including phenoxy) is 2. The minimum Gasteiger partial charge on any atom is -0.467 e. The second-order valence-electron chi connectivity index (χ2n) is 5.60. The van der Waals surface area contributed by atoms with Gasteiger partial charge in [0.2, 0.25) is 0 Å². The fraction of sp³-hybridized carbons (Fsp3) is 0.588. The summed E-state index contributed by atoms with van der Waals surface area (Å²) < 4.78 is 10.7. The van der Waals surface area contributed by atoms with Gasteiger partial charge in [-0.15, -0.1) is 0 Å². The van der Waals surface area contributed by atoms with E-state index in [1.807, 2.05) is 30.3 Å². The molecule has 0 aromatic heterocycles. The lowest BCUT2D eigenvalue weighted by Gasteiger charge is -2.31. The Morgan fingerprint density at radius 3 is 2.48 bits per heavy atom. The second kappa shape index (κ2) is 8.80. The number of methoxy groups -OCH3 is 1. The SMILES string of the molecule is CNC(COCCCC(C)C)(C(=O)OC)c1ccccc1. The van der Waals surface area contributed by atoms with Crippen LogP contribution in [0.25, 0.3) is 0 Å². The molecule has 0 saturated carbocycles. The van der Waals surface area contributed by atoms with Crippen molar-refractivity contribution in [2.45, 2.75) is 32.2 Å². The van der Waals surface area contributed by atoms with Crippen molar-refractivity contribution in [2.75, 3.05) is 27.4 Å². The molecular weight excluding hydrogens is 266 g/mol. The standard InChI is InChI=1S/C17H27NO3/c1-14(2)9-8-12-21-13-17(18-3,16(19)20-4)15-10-6-5-7-11-15/h5-7,10-11,14,18H,8-9,12-13H2,1-4H3. The predicted octanol–water partition coefficient (Wildman–Crippen LogP) is 2.73. The van der Waals surface area contributed by atoms with E-state index in [9.17, 15) is 4.79 Å². The molecule has 4 heteroatoms. The lowest BCUT2D eigenvalue weighted by Crippen LogP contribution is -2.51. The molecule has 0 heterocycles. The quantitative estimate of drug-likeness (QED) is 0.562. The second-order valence-corrected chi connectivity index (χ2v) is 5.60. The van der Waals surface area contributed by atoms with Gasteiger partial charge < -0.3 is 9.47 Å². The smallest absolute Gasteiger partial charge is 0.333 e. The molecule has 118 valence electrons. The molecule has 0 saturated heterocycles. The normalized spacial score (nSPS) is 14.0. The highest BCUT2D eigenvalue weighted by molar-refractivity contribution is 5.82. The summed E-state index contributed by atoms with van der Waals surface area (Å²) in [6.07, 6.45) is 2.11. The summed E-state index contributed by atoms with van der Waals surface area (Å²) >= 11 is 0. The van der Waals surface area contributed by atoms with Crippen molar-refractivity contribution in [2.24, 2.45) is 5.92 Å². The lowest BCUT2D eigenvalue weighted by atomic mass is 9.91. The number of carbonyl (C=O) groups excluding carboxylic acids is 1. The summed E-state index contributed by atoms with van der Waals surface area (Å²) in [5, 5.41) is 3.08. The highest BCUT2D eigenvalue weighted by Gasteiger charge is 2.40. The largest absolute Gasteiger partial charge is 0.467 e. The van der Waals surface area contributed by atoms with Crippen LogP contribution in [0.5, 0.6) is 0 Å². The highest BCUT2D eigenvalue weighted by atomic mass is 16.5. The number of carbonyl (C=O) groups is 1. The van der Waals surface area contributed by atoms with E-state index in [4.69, 9.17) is 9.47 Å². The summed E-state index contributed by atoms with van der Waals surface area (Å²) in [6.45, 7) is 5.29. The number of nitrogens with one attached hydrogen (secondary N) is 1. The first-order valence-corrected chi connectivity index (χ1v) is 7.47. The molecule has 21 heavy (non-hydrogen) atoms. The average Bonchev–Trinajstić information content (AvgIpc) is 2.51. The van der Waals surface area contributed by atoms with E-state index < -0.39 is 5.54 Å². The highest BCUT2D eigenvalue weighted by Crippen LogP contribution is 2.23. The third-order valence-corrected chi connectivity index (χ3v) is 3.62. The first kappa shape index (κ1) is 17.7. The zero-order valence-electron chi connectivity index (χ0n) is 13.5. The van der Waals surface area contributed by atoms with Gasteiger partial charge in [0.1, 0.15) is 0 Å². The molecule has 0 amide bonds. The minimum absolute atomic E-state index is 0.262. The monoisotopic (exact) mass is 293 g/mol. The van der Waals surface area contributed by atoms with Crippen LogP contribution in [0.3, 0.4) is 0 Å². The predicted molar refractivity (Wildman–Crippen MR) is 84.1 cm³/mol. The van der Waals surface area contributed by atoms with Crippen LogP contribution in [0.1, 0.15) is 32.3 Å². The van der Waals surface area contributed by atoms with Crippen molar-refractivity contribution in [1.82, 2.24) is 5.32 Å². The molecular formula is C17H27NO3. The van der Waals surface area contributed by atoms with Crippen molar-refractivity contribution >= 4 is 5.97 Å². The van der Waals surface area contributed by atoms with Crippen LogP contribution in [0.4, 0.5) is 0 Å². The maximum absolute atomic E-state index is 12.3. The maximum Gasteiger partial charge on any atom is 0.333 e. The van der Waals surface area contributed by atoms with Crippen LogP contribution in [-0.4, -0.2) is 33.3 Å². The van der Waals surface area contributed by atoms with Gasteiger partial charge in [-0.05, 0) is 31.4 Å². The summed E-state index contributed by atoms with van der Waals surface area (Å²) in [6, 6.07) is 9.55. The van der Waals surface area contributed by atoms with Crippen molar-refractivity contribution in [3.8, 4) is 0 Å². The van der Waals surface area contributed by atoms with Crippen LogP contribution < -0.4 is 5.32 Å². The van der Waals surface area contributed by atoms with E-state index >= 15 is 0 Å². The minimum atomic E-state index is -0.951. The van der Waals surface area contributed by atoms with Gasteiger partial charge in [0, 0.05) is 6.61 Å². The lowest BCUT2D eigenvalue weighted by molar-refractivity contribution is -0.152. The van der Waals surface area contributed by atoms with Gasteiger partial charge in [-0.25, -0.2) is 4.79 Å². The fourth-order valence-corrected chi connectivity index (χ4v) is 2.29. The van der Waals surface area contributed by atoms with Crippen LogP contribution >= 0.6 is 0 Å². The number of benzene rings is 1. The molecule has 1 aromatic carbocycles. The number of hydrogen-bond donors (Lipinski definition) is 1. The Morgan fingerprint density at radius 1 is 1.29 bits per heavy atom. The summed E-state index contributed by atoms with van der Waals surface area (Å²) in [5.74, 6) is 0.331. The maximum atomic E-state index is 12.3. The molecule has 0 fully saturated rings. The zero-order chi connectivity index (χ0) is 15.7. The van der Waals surface area contributed by atoms with Crippen LogP contribution in [0, 0.1) is 5.92 Å². The van der Waals surface area contributed by atoms with Crippen molar-refractivity contribution in [3.05, 3.63) is 35.9 Å². The molecule has 0 aliphatic heterocycles. The Kier molecular flexibility index (Phi) is 7.40. The molecule has 0 aliphatic rings. The van der Waals surface area contributed by atoms with Gasteiger partial charge >= 0.3 is 5.97 Å². The number of likely N-dealkylation sites (N-methyl/N-ethyl adjacent to an activating group) is 1. The molecule has 0 aliphatic carbocycles. The molecule has 0 bridgehead atoms. The van der Waals surface area contributed by atoms with Crippen LogP contribution in [0.15, 0.2) is 30.3 Å². The number of esters is 1. The fourth-order valence-electron chi connectivity index (χ4n) is 2.29. The van der Waals surface area contributed by atoms with E-state index in [0.29, 0.717) is 12.5 Å². The molecule has 0 radical (unpaired) electrons. The molecule has 1 rings (SSSR count). The van der Waals surface area contributed by atoms with Crippen LogP contribution in [-0.2, 0) is 19.8 Å². The Bertz CT molecular complexity index is 419. The molecule has 0 spiro atoms. The molecule has 4 nitrogen and oxygen atoms in total.